The molecule has 1 aliphatic rings. The first kappa shape index (κ1) is 25.4. The van der Waals surface area contributed by atoms with Gasteiger partial charge in [0, 0.05) is 20.1 Å². The number of nitrogens with zero attached hydrogens (tertiary/aromatic N) is 5. The van der Waals surface area contributed by atoms with Crippen molar-refractivity contribution in [3.8, 4) is 0 Å². The Labute approximate surface area is 193 Å². The number of sulfonamides is 1. The Morgan fingerprint density at radius 3 is 2.36 bits per heavy atom. The van der Waals surface area contributed by atoms with Gasteiger partial charge in [-0.25, -0.2) is 22.8 Å². The Morgan fingerprint density at radius 2 is 1.82 bits per heavy atom. The summed E-state index contributed by atoms with van der Waals surface area (Å²) in [6.45, 7) is 5.69. The Morgan fingerprint density at radius 1 is 1.18 bits per heavy atom. The van der Waals surface area contributed by atoms with Gasteiger partial charge >= 0.3 is 0 Å². The fraction of sp³-hybridized carbons (Fsp3) is 0.700. The molecular formula is C20H31FN6O5S. The third-order valence-electron chi connectivity index (χ3n) is 5.80. The Kier molecular flexibility index (Phi) is 8.32. The van der Waals surface area contributed by atoms with Crippen molar-refractivity contribution in [2.45, 2.75) is 63.0 Å². The number of methoxy groups -OCH3 is 2. The normalized spacial score (nSPS) is 20.8. The van der Waals surface area contributed by atoms with Crippen molar-refractivity contribution in [1.29, 1.82) is 0 Å². The minimum atomic E-state index is -3.95. The zero-order chi connectivity index (χ0) is 24.2. The van der Waals surface area contributed by atoms with Gasteiger partial charge in [-0.3, -0.25) is 9.29 Å². The molecule has 1 N–H and O–H groups in total. The molecule has 0 bridgehead atoms. The van der Waals surface area contributed by atoms with Gasteiger partial charge in [0.2, 0.25) is 16.0 Å². The fourth-order valence-electron chi connectivity index (χ4n) is 3.78. The van der Waals surface area contributed by atoms with Crippen LogP contribution in [0.2, 0.25) is 0 Å². The van der Waals surface area contributed by atoms with Gasteiger partial charge in [-0.15, -0.1) is 10.2 Å². The van der Waals surface area contributed by atoms with Crippen molar-refractivity contribution >= 4 is 16.0 Å². The second kappa shape index (κ2) is 10.8. The van der Waals surface area contributed by atoms with Crippen LogP contribution in [0.1, 0.15) is 63.3 Å². The van der Waals surface area contributed by atoms with Gasteiger partial charge in [-0.1, -0.05) is 6.92 Å². The molecule has 1 fully saturated rings. The SMILES string of the molecule is COCC(COC)n1c(NS(=O)(=O)C(C)C(C)c2ncc(F)cn2)nnc1[C@@H]1CC[C@H](C)O1. The monoisotopic (exact) mass is 486 g/mol. The van der Waals surface area contributed by atoms with Crippen LogP contribution in [0.3, 0.4) is 0 Å². The van der Waals surface area contributed by atoms with E-state index in [9.17, 15) is 12.8 Å². The second-order valence-electron chi connectivity index (χ2n) is 8.23. The maximum Gasteiger partial charge on any atom is 0.238 e. The first-order valence-electron chi connectivity index (χ1n) is 10.7. The third kappa shape index (κ3) is 5.83. The summed E-state index contributed by atoms with van der Waals surface area (Å²) in [6, 6.07) is -0.379. The minimum absolute atomic E-state index is 0.0475. The minimum Gasteiger partial charge on any atom is -0.382 e. The maximum absolute atomic E-state index is 13.2. The molecule has 2 unspecified atom stereocenters. The van der Waals surface area contributed by atoms with Crippen LogP contribution >= 0.6 is 0 Å². The number of hydrogen-bond acceptors (Lipinski definition) is 9. The Balaban J connectivity index is 1.92. The highest BCUT2D eigenvalue weighted by atomic mass is 32.2. The molecule has 3 heterocycles. The highest BCUT2D eigenvalue weighted by Gasteiger charge is 2.35. The molecule has 0 aliphatic carbocycles. The van der Waals surface area contributed by atoms with Crippen LogP contribution in [-0.4, -0.2) is 71.9 Å². The van der Waals surface area contributed by atoms with Gasteiger partial charge in [0.15, 0.2) is 11.6 Å². The Hall–Kier alpha value is -2.22. The molecule has 0 aromatic carbocycles. The molecule has 0 amide bonds. The smallest absolute Gasteiger partial charge is 0.238 e. The molecule has 2 aromatic heterocycles. The molecular weight excluding hydrogens is 455 g/mol. The van der Waals surface area contributed by atoms with Crippen LogP contribution in [0, 0.1) is 5.82 Å². The zero-order valence-electron chi connectivity index (χ0n) is 19.4. The number of ether oxygens (including phenoxy) is 3. The van der Waals surface area contributed by atoms with Gasteiger partial charge in [-0.05, 0) is 26.7 Å². The molecule has 33 heavy (non-hydrogen) atoms. The Bertz CT molecular complexity index is 1010. The topological polar surface area (TPSA) is 130 Å². The van der Waals surface area contributed by atoms with E-state index in [0.29, 0.717) is 5.82 Å². The molecule has 3 rings (SSSR count). The standard InChI is InChI=1S/C20H31FN6O5S/c1-12-6-7-17(32-12)19-24-25-20(27(19)16(10-30-4)11-31-5)26-33(28,29)14(3)13(2)18-22-8-15(21)9-23-18/h8-9,12-14,16-17H,6-7,10-11H2,1-5H3,(H,25,26)/t12-,13?,14?,17-/m0/s1. The van der Waals surface area contributed by atoms with Crippen LogP contribution in [0.25, 0.3) is 0 Å². The third-order valence-corrected chi connectivity index (χ3v) is 7.65. The quantitative estimate of drug-likeness (QED) is 0.508. The van der Waals surface area contributed by atoms with Gasteiger partial charge in [0.1, 0.15) is 11.9 Å². The summed E-state index contributed by atoms with van der Waals surface area (Å²) in [4.78, 5) is 7.83. The average molecular weight is 487 g/mol. The molecule has 2 aromatic rings. The van der Waals surface area contributed by atoms with E-state index in [-0.39, 0.29) is 43.2 Å². The number of nitrogens with one attached hydrogen (secondary N) is 1. The fourth-order valence-corrected chi connectivity index (χ4v) is 5.02. The summed E-state index contributed by atoms with van der Waals surface area (Å²) < 4.78 is 60.5. The molecule has 1 aliphatic heterocycles. The molecule has 0 radical (unpaired) electrons. The lowest BCUT2D eigenvalue weighted by molar-refractivity contribution is 0.0406. The lowest BCUT2D eigenvalue weighted by Gasteiger charge is -2.24. The van der Waals surface area contributed by atoms with Gasteiger partial charge < -0.3 is 14.2 Å². The number of aromatic nitrogens is 5. The van der Waals surface area contributed by atoms with E-state index < -0.39 is 27.0 Å². The summed E-state index contributed by atoms with van der Waals surface area (Å²) in [6.07, 6.45) is 3.39. The molecule has 11 nitrogen and oxygen atoms in total. The largest absolute Gasteiger partial charge is 0.382 e. The van der Waals surface area contributed by atoms with Crippen LogP contribution in [-0.2, 0) is 24.2 Å². The predicted molar refractivity (Wildman–Crippen MR) is 118 cm³/mol. The summed E-state index contributed by atoms with van der Waals surface area (Å²) in [5.74, 6) is -0.413. The van der Waals surface area contributed by atoms with Crippen molar-refractivity contribution < 1.29 is 27.0 Å². The summed E-state index contributed by atoms with van der Waals surface area (Å²) in [7, 11) is -0.842. The first-order valence-corrected chi connectivity index (χ1v) is 12.3. The van der Waals surface area contributed by atoms with E-state index in [1.165, 1.54) is 6.92 Å². The van der Waals surface area contributed by atoms with E-state index >= 15 is 0 Å². The number of halogens is 1. The zero-order valence-corrected chi connectivity index (χ0v) is 20.2. The van der Waals surface area contributed by atoms with E-state index in [4.69, 9.17) is 14.2 Å². The van der Waals surface area contributed by atoms with Gasteiger partial charge in [-0.2, -0.15) is 0 Å². The predicted octanol–water partition coefficient (Wildman–Crippen LogP) is 2.21. The van der Waals surface area contributed by atoms with Gasteiger partial charge in [0.05, 0.1) is 43.0 Å². The van der Waals surface area contributed by atoms with Crippen molar-refractivity contribution in [2.24, 2.45) is 0 Å². The summed E-state index contributed by atoms with van der Waals surface area (Å²) >= 11 is 0. The molecule has 184 valence electrons. The van der Waals surface area contributed by atoms with Crippen molar-refractivity contribution in [3.05, 3.63) is 29.9 Å². The van der Waals surface area contributed by atoms with Crippen molar-refractivity contribution in [2.75, 3.05) is 32.2 Å². The van der Waals surface area contributed by atoms with Gasteiger partial charge in [0.25, 0.3) is 0 Å². The highest BCUT2D eigenvalue weighted by Crippen LogP contribution is 2.34. The lowest BCUT2D eigenvalue weighted by Crippen LogP contribution is -2.33. The summed E-state index contributed by atoms with van der Waals surface area (Å²) in [5, 5.41) is 7.45. The van der Waals surface area contributed by atoms with Crippen LogP contribution in [0.5, 0.6) is 0 Å². The molecule has 4 atom stereocenters. The number of hydrogen-bond donors (Lipinski definition) is 1. The number of rotatable bonds is 11. The van der Waals surface area contributed by atoms with E-state index in [2.05, 4.69) is 24.9 Å². The van der Waals surface area contributed by atoms with Crippen LogP contribution < -0.4 is 4.72 Å². The molecule has 1 saturated heterocycles. The molecule has 13 heteroatoms. The maximum atomic E-state index is 13.2. The lowest BCUT2D eigenvalue weighted by atomic mass is 10.1. The first-order chi connectivity index (χ1) is 15.7. The van der Waals surface area contributed by atoms with E-state index in [1.807, 2.05) is 6.92 Å². The average Bonchev–Trinajstić information content (AvgIpc) is 3.38. The number of anilines is 1. The molecule has 0 saturated carbocycles. The second-order valence-corrected chi connectivity index (χ2v) is 10.3. The summed E-state index contributed by atoms with van der Waals surface area (Å²) in [5.41, 5.74) is 0. The van der Waals surface area contributed by atoms with Crippen molar-refractivity contribution in [1.82, 2.24) is 24.7 Å². The highest BCUT2D eigenvalue weighted by molar-refractivity contribution is 7.93. The van der Waals surface area contributed by atoms with E-state index in [0.717, 1.165) is 25.2 Å². The van der Waals surface area contributed by atoms with Crippen LogP contribution in [0.4, 0.5) is 10.3 Å². The van der Waals surface area contributed by atoms with Crippen LogP contribution in [0.15, 0.2) is 12.4 Å². The molecule has 0 spiro atoms. The van der Waals surface area contributed by atoms with E-state index in [1.54, 1.807) is 25.7 Å². The van der Waals surface area contributed by atoms with Crippen molar-refractivity contribution in [3.63, 3.8) is 0 Å².